The van der Waals surface area contributed by atoms with E-state index in [2.05, 4.69) is 4.90 Å². The van der Waals surface area contributed by atoms with E-state index >= 15 is 0 Å². The molecule has 3 saturated heterocycles. The number of anilines is 1. The summed E-state index contributed by atoms with van der Waals surface area (Å²) in [5, 5.41) is 0. The Kier molecular flexibility index (Phi) is 4.47. The van der Waals surface area contributed by atoms with Crippen molar-refractivity contribution in [1.82, 2.24) is 4.90 Å². The van der Waals surface area contributed by atoms with Gasteiger partial charge in [-0.2, -0.15) is 13.2 Å². The fourth-order valence-corrected chi connectivity index (χ4v) is 5.48. The third-order valence-electron chi connectivity index (χ3n) is 6.75. The number of hydrogen-bond donors (Lipinski definition) is 0. The molecule has 0 spiro atoms. The van der Waals surface area contributed by atoms with E-state index in [0.29, 0.717) is 6.54 Å². The molecule has 0 radical (unpaired) electrons. The molecule has 6 rings (SSSR count). The molecule has 2 amide bonds. The fraction of sp³-hybridized carbons (Fsp3) is 0.391. The monoisotopic (exact) mass is 414 g/mol. The van der Waals surface area contributed by atoms with Gasteiger partial charge in [0.15, 0.2) is 0 Å². The second-order valence-electron chi connectivity index (χ2n) is 8.43. The number of rotatable bonds is 3. The highest BCUT2D eigenvalue weighted by molar-refractivity contribution is 6.22. The number of carbonyl (C=O) groups is 2. The Bertz CT molecular complexity index is 991. The van der Waals surface area contributed by atoms with E-state index < -0.39 is 23.6 Å². The van der Waals surface area contributed by atoms with E-state index in [-0.39, 0.29) is 29.5 Å². The standard InChI is InChI=1S/C23H21F3N2O2/c24-23(25,26)16-7-4-8-17(11-16)28-21(29)19-15-9-10-18(20(19)22(28)30)27(13-15)12-14-5-2-1-3-6-14/h1-8,11,15,18-20H,9-10,12-13H2/t15?,18?,19-,20+/m0/s1. The number of hydrogen-bond acceptors (Lipinski definition) is 3. The van der Waals surface area contributed by atoms with Crippen molar-refractivity contribution >= 4 is 17.5 Å². The number of nitrogens with zero attached hydrogens (tertiary/aromatic N) is 2. The summed E-state index contributed by atoms with van der Waals surface area (Å²) in [7, 11) is 0. The molecular formula is C23H21F3N2O2. The van der Waals surface area contributed by atoms with Gasteiger partial charge in [-0.15, -0.1) is 0 Å². The van der Waals surface area contributed by atoms with E-state index in [0.717, 1.165) is 42.0 Å². The summed E-state index contributed by atoms with van der Waals surface area (Å²) in [5.41, 5.74) is 0.306. The van der Waals surface area contributed by atoms with Crippen LogP contribution in [0.2, 0.25) is 0 Å². The molecule has 4 nitrogen and oxygen atoms in total. The maximum atomic E-state index is 13.3. The van der Waals surface area contributed by atoms with Crippen molar-refractivity contribution in [1.29, 1.82) is 0 Å². The van der Waals surface area contributed by atoms with Gasteiger partial charge < -0.3 is 0 Å². The van der Waals surface area contributed by atoms with Crippen LogP contribution in [0.25, 0.3) is 0 Å². The van der Waals surface area contributed by atoms with Crippen LogP contribution in [0.5, 0.6) is 0 Å². The first-order chi connectivity index (χ1) is 14.3. The molecule has 3 heterocycles. The number of alkyl halides is 3. The van der Waals surface area contributed by atoms with Crippen molar-refractivity contribution in [3.8, 4) is 0 Å². The molecule has 4 aliphatic rings. The van der Waals surface area contributed by atoms with E-state index in [9.17, 15) is 22.8 Å². The van der Waals surface area contributed by atoms with E-state index in [4.69, 9.17) is 0 Å². The van der Waals surface area contributed by atoms with Gasteiger partial charge in [-0.05, 0) is 42.5 Å². The first kappa shape index (κ1) is 19.3. The van der Waals surface area contributed by atoms with E-state index in [1.165, 1.54) is 12.1 Å². The van der Waals surface area contributed by atoms with Crippen molar-refractivity contribution in [2.75, 3.05) is 11.4 Å². The molecule has 0 aromatic heterocycles. The second-order valence-corrected chi connectivity index (χ2v) is 8.43. The van der Waals surface area contributed by atoms with Crippen molar-refractivity contribution in [2.24, 2.45) is 17.8 Å². The van der Waals surface area contributed by atoms with Crippen molar-refractivity contribution in [2.45, 2.75) is 31.6 Å². The van der Waals surface area contributed by atoms with Crippen LogP contribution in [0, 0.1) is 17.8 Å². The number of benzene rings is 2. The predicted octanol–water partition coefficient (Wildman–Crippen LogP) is 4.11. The van der Waals surface area contributed by atoms with Crippen molar-refractivity contribution in [3.63, 3.8) is 0 Å². The lowest BCUT2D eigenvalue weighted by molar-refractivity contribution is -0.137. The number of fused-ring (bicyclic) bond motifs is 2. The minimum Gasteiger partial charge on any atom is -0.295 e. The lowest BCUT2D eigenvalue weighted by atomic mass is 9.66. The highest BCUT2D eigenvalue weighted by atomic mass is 19.4. The van der Waals surface area contributed by atoms with Crippen LogP contribution in [-0.4, -0.2) is 29.3 Å². The smallest absolute Gasteiger partial charge is 0.295 e. The maximum absolute atomic E-state index is 13.3. The van der Waals surface area contributed by atoms with Crippen LogP contribution < -0.4 is 4.90 Å². The molecule has 7 heteroatoms. The average Bonchev–Trinajstić information content (AvgIpc) is 3.01. The molecule has 156 valence electrons. The van der Waals surface area contributed by atoms with Crippen molar-refractivity contribution < 1.29 is 22.8 Å². The number of piperidine rings is 2. The molecule has 4 atom stereocenters. The zero-order valence-electron chi connectivity index (χ0n) is 16.2. The lowest BCUT2D eigenvalue weighted by Gasteiger charge is -2.50. The zero-order valence-corrected chi connectivity index (χ0v) is 16.2. The van der Waals surface area contributed by atoms with Gasteiger partial charge in [0.1, 0.15) is 0 Å². The van der Waals surface area contributed by atoms with Gasteiger partial charge in [-0.1, -0.05) is 36.4 Å². The minimum absolute atomic E-state index is 0.0169. The normalized spacial score (nSPS) is 28.8. The third kappa shape index (κ3) is 3.03. The molecule has 2 aromatic carbocycles. The second kappa shape index (κ2) is 6.94. The molecule has 1 saturated carbocycles. The molecule has 1 aliphatic carbocycles. The summed E-state index contributed by atoms with van der Waals surface area (Å²) in [6.07, 6.45) is -2.83. The molecule has 3 aliphatic heterocycles. The quantitative estimate of drug-likeness (QED) is 0.710. The van der Waals surface area contributed by atoms with Gasteiger partial charge in [-0.3, -0.25) is 14.5 Å². The highest BCUT2D eigenvalue weighted by Crippen LogP contribution is 2.49. The summed E-state index contributed by atoms with van der Waals surface area (Å²) in [5.74, 6) is -1.58. The Balaban J connectivity index is 1.45. The van der Waals surface area contributed by atoms with Gasteiger partial charge in [0, 0.05) is 19.1 Å². The van der Waals surface area contributed by atoms with Gasteiger partial charge in [-0.25, -0.2) is 4.90 Å². The Morgan fingerprint density at radius 2 is 1.63 bits per heavy atom. The zero-order chi connectivity index (χ0) is 21.0. The summed E-state index contributed by atoms with van der Waals surface area (Å²) in [6, 6.07) is 14.4. The van der Waals surface area contributed by atoms with Gasteiger partial charge in [0.2, 0.25) is 11.8 Å². The SMILES string of the molecule is O=C1[C@@H]2C3CCC(CN3Cc3ccccc3)[C@@H]2C(=O)N1c1cccc(C(F)(F)F)c1. The molecular weight excluding hydrogens is 393 g/mol. The number of carbonyl (C=O) groups excluding carboxylic acids is 2. The number of halogens is 3. The molecule has 2 unspecified atom stereocenters. The molecule has 2 aromatic rings. The maximum Gasteiger partial charge on any atom is 0.416 e. The van der Waals surface area contributed by atoms with Gasteiger partial charge in [0.25, 0.3) is 0 Å². The summed E-state index contributed by atoms with van der Waals surface area (Å²) < 4.78 is 39.4. The average molecular weight is 414 g/mol. The molecule has 0 N–H and O–H groups in total. The Morgan fingerprint density at radius 1 is 0.900 bits per heavy atom. The number of imide groups is 1. The lowest BCUT2D eigenvalue weighted by Crippen LogP contribution is -2.58. The predicted molar refractivity (Wildman–Crippen MR) is 104 cm³/mol. The third-order valence-corrected chi connectivity index (χ3v) is 6.75. The highest BCUT2D eigenvalue weighted by Gasteiger charge is 2.60. The molecule has 30 heavy (non-hydrogen) atoms. The first-order valence-corrected chi connectivity index (χ1v) is 10.2. The number of amides is 2. The van der Waals surface area contributed by atoms with Crippen LogP contribution >= 0.6 is 0 Å². The van der Waals surface area contributed by atoms with E-state index in [1.807, 2.05) is 30.3 Å². The first-order valence-electron chi connectivity index (χ1n) is 10.2. The van der Waals surface area contributed by atoms with Crippen LogP contribution in [0.1, 0.15) is 24.0 Å². The topological polar surface area (TPSA) is 40.6 Å². The molecule has 2 bridgehead atoms. The van der Waals surface area contributed by atoms with E-state index in [1.54, 1.807) is 0 Å². The van der Waals surface area contributed by atoms with Crippen LogP contribution in [0.15, 0.2) is 54.6 Å². The van der Waals surface area contributed by atoms with Crippen LogP contribution in [0.3, 0.4) is 0 Å². The molecule has 4 fully saturated rings. The fourth-order valence-electron chi connectivity index (χ4n) is 5.48. The Labute approximate surface area is 172 Å². The van der Waals surface area contributed by atoms with Crippen LogP contribution in [-0.2, 0) is 22.3 Å². The summed E-state index contributed by atoms with van der Waals surface area (Å²) in [6.45, 7) is 1.44. The largest absolute Gasteiger partial charge is 0.416 e. The Morgan fingerprint density at radius 3 is 2.37 bits per heavy atom. The Hall–Kier alpha value is -2.67. The van der Waals surface area contributed by atoms with Gasteiger partial charge >= 0.3 is 6.18 Å². The van der Waals surface area contributed by atoms with Crippen molar-refractivity contribution in [3.05, 3.63) is 65.7 Å². The minimum atomic E-state index is -4.53. The summed E-state index contributed by atoms with van der Waals surface area (Å²) >= 11 is 0. The van der Waals surface area contributed by atoms with Gasteiger partial charge in [0.05, 0.1) is 23.1 Å². The summed E-state index contributed by atoms with van der Waals surface area (Å²) in [4.78, 5) is 29.7. The van der Waals surface area contributed by atoms with Crippen LogP contribution in [0.4, 0.5) is 18.9 Å².